The molecule has 2 aliphatic carbocycles. The van der Waals surface area contributed by atoms with Gasteiger partial charge in [-0.25, -0.2) is 0 Å². The van der Waals surface area contributed by atoms with Gasteiger partial charge in [0, 0.05) is 5.56 Å². The second-order valence-electron chi connectivity index (χ2n) is 6.62. The Morgan fingerprint density at radius 1 is 0.909 bits per heavy atom. The van der Waals surface area contributed by atoms with Gasteiger partial charge in [0.25, 0.3) is 0 Å². The fourth-order valence-corrected chi connectivity index (χ4v) is 3.36. The molecule has 0 heterocycles. The quantitative estimate of drug-likeness (QED) is 0.603. The molecule has 0 amide bonds. The van der Waals surface area contributed by atoms with Gasteiger partial charge in [0.2, 0.25) is 0 Å². The summed E-state index contributed by atoms with van der Waals surface area (Å²) in [6.45, 7) is -0.127. The lowest BCUT2D eigenvalue weighted by molar-refractivity contribution is -0.150. The molecule has 1 aromatic carbocycles. The summed E-state index contributed by atoms with van der Waals surface area (Å²) in [7, 11) is 0. The molecule has 2 aliphatic rings. The number of ether oxygens (including phenoxy) is 1. The van der Waals surface area contributed by atoms with Gasteiger partial charge in [0.05, 0.1) is 5.92 Å². The van der Waals surface area contributed by atoms with E-state index in [9.17, 15) is 9.59 Å². The number of esters is 1. The molecule has 3 nitrogen and oxygen atoms in total. The van der Waals surface area contributed by atoms with Gasteiger partial charge in [-0.1, -0.05) is 49.9 Å². The molecule has 0 atom stereocenters. The van der Waals surface area contributed by atoms with Gasteiger partial charge in [-0.2, -0.15) is 0 Å². The van der Waals surface area contributed by atoms with Crippen molar-refractivity contribution in [2.24, 2.45) is 5.92 Å². The molecule has 0 spiro atoms. The number of benzene rings is 1. The number of rotatable bonds is 5. The van der Waals surface area contributed by atoms with Crippen LogP contribution >= 0.6 is 0 Å². The number of carbonyl (C=O) groups excluding carboxylic acids is 2. The van der Waals surface area contributed by atoms with Crippen LogP contribution in [0.4, 0.5) is 0 Å². The SMILES string of the molecule is O=C(COC(=O)C1CCC1)c1ccc(C2CCCCC2)cc1. The van der Waals surface area contributed by atoms with Gasteiger partial charge in [0.1, 0.15) is 0 Å². The van der Waals surface area contributed by atoms with Crippen molar-refractivity contribution >= 4 is 11.8 Å². The Hall–Kier alpha value is -1.64. The number of ketones is 1. The van der Waals surface area contributed by atoms with Crippen LogP contribution in [0.3, 0.4) is 0 Å². The van der Waals surface area contributed by atoms with Gasteiger partial charge < -0.3 is 4.74 Å². The molecule has 3 rings (SSSR count). The molecule has 118 valence electrons. The lowest BCUT2D eigenvalue weighted by atomic mass is 9.84. The van der Waals surface area contributed by atoms with Crippen molar-refractivity contribution in [2.75, 3.05) is 6.61 Å². The Kier molecular flexibility index (Phi) is 4.91. The van der Waals surface area contributed by atoms with Crippen LogP contribution < -0.4 is 0 Å². The predicted molar refractivity (Wildman–Crippen MR) is 84.9 cm³/mol. The van der Waals surface area contributed by atoms with Gasteiger partial charge in [-0.05, 0) is 37.2 Å². The summed E-state index contributed by atoms with van der Waals surface area (Å²) in [5.74, 6) is 0.358. The molecule has 0 radical (unpaired) electrons. The first-order valence-corrected chi connectivity index (χ1v) is 8.54. The van der Waals surface area contributed by atoms with Crippen LogP contribution in [-0.2, 0) is 9.53 Å². The molecule has 2 fully saturated rings. The summed E-state index contributed by atoms with van der Waals surface area (Å²) in [6.07, 6.45) is 9.38. The fraction of sp³-hybridized carbons (Fsp3) is 0.579. The molecule has 0 saturated heterocycles. The summed E-state index contributed by atoms with van der Waals surface area (Å²) in [5, 5.41) is 0. The van der Waals surface area contributed by atoms with Crippen LogP contribution in [0.25, 0.3) is 0 Å². The first kappa shape index (κ1) is 15.3. The highest BCUT2D eigenvalue weighted by atomic mass is 16.5. The zero-order chi connectivity index (χ0) is 15.4. The van der Waals surface area contributed by atoms with Crippen LogP contribution in [0.15, 0.2) is 24.3 Å². The molecule has 0 unspecified atom stereocenters. The van der Waals surface area contributed by atoms with Crippen LogP contribution in [0.5, 0.6) is 0 Å². The van der Waals surface area contributed by atoms with Crippen LogP contribution in [0.1, 0.15) is 73.2 Å². The number of Topliss-reactive ketones (excluding diaryl/α,β-unsaturated/α-hetero) is 1. The van der Waals surface area contributed by atoms with Crippen molar-refractivity contribution in [1.29, 1.82) is 0 Å². The minimum atomic E-state index is -0.210. The van der Waals surface area contributed by atoms with Crippen molar-refractivity contribution in [3.63, 3.8) is 0 Å². The summed E-state index contributed by atoms with van der Waals surface area (Å²) >= 11 is 0. The van der Waals surface area contributed by atoms with Crippen molar-refractivity contribution in [1.82, 2.24) is 0 Å². The maximum absolute atomic E-state index is 12.1. The van der Waals surface area contributed by atoms with E-state index in [1.807, 2.05) is 12.1 Å². The second-order valence-corrected chi connectivity index (χ2v) is 6.62. The largest absolute Gasteiger partial charge is 0.457 e. The molecule has 3 heteroatoms. The Morgan fingerprint density at radius 3 is 2.18 bits per heavy atom. The molecule has 22 heavy (non-hydrogen) atoms. The van der Waals surface area contributed by atoms with E-state index in [1.165, 1.54) is 37.7 Å². The number of hydrogen-bond donors (Lipinski definition) is 0. The molecular weight excluding hydrogens is 276 g/mol. The highest BCUT2D eigenvalue weighted by Crippen LogP contribution is 2.32. The molecule has 0 N–H and O–H groups in total. The summed E-state index contributed by atoms with van der Waals surface area (Å²) < 4.78 is 5.12. The lowest BCUT2D eigenvalue weighted by Gasteiger charge is -2.23. The van der Waals surface area contributed by atoms with Crippen molar-refractivity contribution in [2.45, 2.75) is 57.3 Å². The molecule has 0 aromatic heterocycles. The fourth-order valence-electron chi connectivity index (χ4n) is 3.36. The monoisotopic (exact) mass is 300 g/mol. The molecular formula is C19H24O3. The van der Waals surface area contributed by atoms with E-state index in [1.54, 1.807) is 0 Å². The first-order chi connectivity index (χ1) is 10.7. The van der Waals surface area contributed by atoms with Crippen molar-refractivity contribution in [3.05, 3.63) is 35.4 Å². The minimum absolute atomic E-state index is 0.0291. The Balaban J connectivity index is 1.52. The normalized spacial score (nSPS) is 19.5. The standard InChI is InChI=1S/C19H24O3/c20-18(13-22-19(21)17-7-4-8-17)16-11-9-15(10-12-16)14-5-2-1-3-6-14/h9-12,14,17H,1-8,13H2. The predicted octanol–water partition coefficient (Wildman–Crippen LogP) is 4.26. The molecule has 0 aliphatic heterocycles. The van der Waals surface area contributed by atoms with Gasteiger partial charge in [-0.15, -0.1) is 0 Å². The summed E-state index contributed by atoms with van der Waals surface area (Å²) in [4.78, 5) is 23.7. The Labute approximate surface area is 132 Å². The highest BCUT2D eigenvalue weighted by Gasteiger charge is 2.27. The molecule has 0 bridgehead atoms. The summed E-state index contributed by atoms with van der Waals surface area (Å²) in [5.41, 5.74) is 1.98. The second kappa shape index (κ2) is 7.08. The topological polar surface area (TPSA) is 43.4 Å². The Morgan fingerprint density at radius 2 is 1.59 bits per heavy atom. The maximum Gasteiger partial charge on any atom is 0.309 e. The minimum Gasteiger partial charge on any atom is -0.457 e. The van der Waals surface area contributed by atoms with Gasteiger partial charge in [0.15, 0.2) is 12.4 Å². The highest BCUT2D eigenvalue weighted by molar-refractivity contribution is 5.98. The van der Waals surface area contributed by atoms with E-state index < -0.39 is 0 Å². The van der Waals surface area contributed by atoms with Gasteiger partial charge in [-0.3, -0.25) is 9.59 Å². The maximum atomic E-state index is 12.1. The average Bonchev–Trinajstić information content (AvgIpc) is 2.52. The third kappa shape index (κ3) is 3.57. The molecule has 1 aromatic rings. The van der Waals surface area contributed by atoms with Crippen LogP contribution in [0.2, 0.25) is 0 Å². The van der Waals surface area contributed by atoms with Gasteiger partial charge >= 0.3 is 5.97 Å². The number of hydrogen-bond acceptors (Lipinski definition) is 3. The van der Waals surface area contributed by atoms with Crippen LogP contribution in [-0.4, -0.2) is 18.4 Å². The first-order valence-electron chi connectivity index (χ1n) is 8.54. The van der Waals surface area contributed by atoms with E-state index >= 15 is 0 Å². The smallest absolute Gasteiger partial charge is 0.309 e. The lowest BCUT2D eigenvalue weighted by Crippen LogP contribution is -2.26. The van der Waals surface area contributed by atoms with E-state index in [0.29, 0.717) is 11.5 Å². The average molecular weight is 300 g/mol. The van der Waals surface area contributed by atoms with E-state index in [-0.39, 0.29) is 24.3 Å². The van der Waals surface area contributed by atoms with Crippen molar-refractivity contribution in [3.8, 4) is 0 Å². The third-order valence-corrected chi connectivity index (χ3v) is 5.09. The van der Waals surface area contributed by atoms with Crippen LogP contribution in [0, 0.1) is 5.92 Å². The third-order valence-electron chi connectivity index (χ3n) is 5.09. The zero-order valence-corrected chi connectivity index (χ0v) is 13.1. The summed E-state index contributed by atoms with van der Waals surface area (Å²) in [6, 6.07) is 7.89. The van der Waals surface area contributed by atoms with E-state index in [0.717, 1.165) is 19.3 Å². The van der Waals surface area contributed by atoms with E-state index in [4.69, 9.17) is 4.74 Å². The number of carbonyl (C=O) groups is 2. The van der Waals surface area contributed by atoms with E-state index in [2.05, 4.69) is 12.1 Å². The van der Waals surface area contributed by atoms with Crippen molar-refractivity contribution < 1.29 is 14.3 Å². The molecule has 2 saturated carbocycles. The zero-order valence-electron chi connectivity index (χ0n) is 13.1. The Bertz CT molecular complexity index is 522.